The van der Waals surface area contributed by atoms with Crippen LogP contribution in [0, 0.1) is 0 Å². The van der Waals surface area contributed by atoms with E-state index in [1.807, 2.05) is 6.07 Å². The zero-order valence-corrected chi connectivity index (χ0v) is 13.1. The highest BCUT2D eigenvalue weighted by atomic mass is 79.9. The molecule has 0 fully saturated rings. The third-order valence-electron chi connectivity index (χ3n) is 2.74. The van der Waals surface area contributed by atoms with Gasteiger partial charge in [-0.25, -0.2) is 4.79 Å². The Bertz CT molecular complexity index is 703. The van der Waals surface area contributed by atoms with Crippen LogP contribution in [0.2, 0.25) is 5.02 Å². The molecular weight excluding hydrogens is 358 g/mol. The Hall–Kier alpha value is -1.85. The first-order valence-corrected chi connectivity index (χ1v) is 7.20. The summed E-state index contributed by atoms with van der Waals surface area (Å²) < 4.78 is 0.516. The molecule has 21 heavy (non-hydrogen) atoms. The highest BCUT2D eigenvalue weighted by Gasteiger charge is 2.10. The number of benzene rings is 2. The maximum Gasteiger partial charge on any atom is 0.335 e. The van der Waals surface area contributed by atoms with Gasteiger partial charge in [-0.05, 0) is 51.8 Å². The van der Waals surface area contributed by atoms with E-state index in [2.05, 4.69) is 21.2 Å². The lowest BCUT2D eigenvalue weighted by Crippen LogP contribution is -2.15. The highest BCUT2D eigenvalue weighted by molar-refractivity contribution is 9.10. The molecular formula is C15H11BrClNO3. The Morgan fingerprint density at radius 1 is 1.19 bits per heavy atom. The molecule has 108 valence electrons. The minimum Gasteiger partial charge on any atom is -0.478 e. The second-order valence-corrected chi connectivity index (χ2v) is 5.65. The molecule has 0 saturated carbocycles. The summed E-state index contributed by atoms with van der Waals surface area (Å²) in [6.07, 6.45) is 0.188. The fourth-order valence-corrected chi connectivity index (χ4v) is 2.47. The van der Waals surface area contributed by atoms with E-state index in [0.717, 1.165) is 5.56 Å². The molecule has 0 bridgehead atoms. The van der Waals surface area contributed by atoms with Crippen molar-refractivity contribution in [3.63, 3.8) is 0 Å². The molecule has 0 aliphatic rings. The Kier molecular flexibility index (Phi) is 4.98. The van der Waals surface area contributed by atoms with Crippen LogP contribution in [0.3, 0.4) is 0 Å². The van der Waals surface area contributed by atoms with Crippen LogP contribution in [0.5, 0.6) is 0 Å². The van der Waals surface area contributed by atoms with Crippen LogP contribution < -0.4 is 5.32 Å². The van der Waals surface area contributed by atoms with Crippen LogP contribution in [-0.2, 0) is 11.2 Å². The molecule has 0 atom stereocenters. The Morgan fingerprint density at radius 2 is 1.95 bits per heavy atom. The lowest BCUT2D eigenvalue weighted by atomic mass is 10.1. The Balaban J connectivity index is 2.08. The number of halogens is 2. The zero-order chi connectivity index (χ0) is 15.4. The topological polar surface area (TPSA) is 66.4 Å². The SMILES string of the molecule is O=C(Cc1cccc(Cl)c1)Nc1ccc(C(=O)O)cc1Br. The van der Waals surface area contributed by atoms with E-state index in [4.69, 9.17) is 16.7 Å². The van der Waals surface area contributed by atoms with E-state index in [0.29, 0.717) is 15.2 Å². The van der Waals surface area contributed by atoms with Crippen molar-refractivity contribution < 1.29 is 14.7 Å². The largest absolute Gasteiger partial charge is 0.478 e. The first-order valence-electron chi connectivity index (χ1n) is 6.03. The molecule has 2 rings (SSSR count). The van der Waals surface area contributed by atoms with Crippen LogP contribution in [0.4, 0.5) is 5.69 Å². The molecule has 4 nitrogen and oxygen atoms in total. The standard InChI is InChI=1S/C15H11BrClNO3/c16-12-8-10(15(20)21)4-5-13(12)18-14(19)7-9-2-1-3-11(17)6-9/h1-6,8H,7H2,(H,18,19)(H,20,21). The van der Waals surface area contributed by atoms with Crippen molar-refractivity contribution in [1.29, 1.82) is 0 Å². The average Bonchev–Trinajstić information content (AvgIpc) is 2.40. The molecule has 2 N–H and O–H groups in total. The smallest absolute Gasteiger partial charge is 0.335 e. The number of anilines is 1. The molecule has 0 aliphatic carbocycles. The fraction of sp³-hybridized carbons (Fsp3) is 0.0667. The van der Waals surface area contributed by atoms with Crippen LogP contribution >= 0.6 is 27.5 Å². The van der Waals surface area contributed by atoms with Gasteiger partial charge in [-0.2, -0.15) is 0 Å². The maximum atomic E-state index is 12.0. The Labute approximate surface area is 134 Å². The summed E-state index contributed by atoms with van der Waals surface area (Å²) in [6.45, 7) is 0. The molecule has 0 unspecified atom stereocenters. The summed E-state index contributed by atoms with van der Waals surface area (Å²) in [5.41, 5.74) is 1.47. The number of carboxylic acid groups (broad SMARTS) is 1. The Morgan fingerprint density at radius 3 is 2.57 bits per heavy atom. The minimum atomic E-state index is -1.02. The molecule has 0 aromatic heterocycles. The van der Waals surface area contributed by atoms with Gasteiger partial charge in [0.15, 0.2) is 0 Å². The second kappa shape index (κ2) is 6.74. The number of aromatic carboxylic acids is 1. The van der Waals surface area contributed by atoms with Crippen LogP contribution in [0.25, 0.3) is 0 Å². The van der Waals surface area contributed by atoms with E-state index in [1.54, 1.807) is 24.3 Å². The van der Waals surface area contributed by atoms with Crippen molar-refractivity contribution in [2.45, 2.75) is 6.42 Å². The summed E-state index contributed by atoms with van der Waals surface area (Å²) >= 11 is 9.11. The molecule has 0 spiro atoms. The molecule has 0 heterocycles. The minimum absolute atomic E-state index is 0.148. The third kappa shape index (κ3) is 4.31. The van der Waals surface area contributed by atoms with E-state index >= 15 is 0 Å². The summed E-state index contributed by atoms with van der Waals surface area (Å²) in [5.74, 6) is -1.23. The molecule has 0 aliphatic heterocycles. The molecule has 1 amide bonds. The monoisotopic (exact) mass is 367 g/mol. The maximum absolute atomic E-state index is 12.0. The number of amides is 1. The summed E-state index contributed by atoms with van der Waals surface area (Å²) in [6, 6.07) is 11.5. The number of hydrogen-bond acceptors (Lipinski definition) is 2. The van der Waals surface area contributed by atoms with Crippen molar-refractivity contribution in [3.8, 4) is 0 Å². The van der Waals surface area contributed by atoms with Gasteiger partial charge in [0.2, 0.25) is 5.91 Å². The van der Waals surface area contributed by atoms with Gasteiger partial charge >= 0.3 is 5.97 Å². The van der Waals surface area contributed by atoms with E-state index in [-0.39, 0.29) is 17.9 Å². The van der Waals surface area contributed by atoms with E-state index in [9.17, 15) is 9.59 Å². The predicted molar refractivity (Wildman–Crippen MR) is 84.9 cm³/mol. The van der Waals surface area contributed by atoms with Crippen molar-refractivity contribution in [1.82, 2.24) is 0 Å². The first kappa shape index (κ1) is 15.5. The van der Waals surface area contributed by atoms with Crippen molar-refractivity contribution in [3.05, 3.63) is 63.1 Å². The summed E-state index contributed by atoms with van der Waals surface area (Å²) in [7, 11) is 0. The number of hydrogen-bond donors (Lipinski definition) is 2. The number of carbonyl (C=O) groups is 2. The normalized spacial score (nSPS) is 10.2. The molecule has 2 aromatic rings. The molecule has 6 heteroatoms. The van der Waals surface area contributed by atoms with Gasteiger partial charge in [0.25, 0.3) is 0 Å². The van der Waals surface area contributed by atoms with Gasteiger partial charge in [-0.3, -0.25) is 4.79 Å². The van der Waals surface area contributed by atoms with Gasteiger partial charge in [-0.1, -0.05) is 23.7 Å². The van der Waals surface area contributed by atoms with Crippen molar-refractivity contribution >= 4 is 45.1 Å². The molecule has 0 radical (unpaired) electrons. The van der Waals surface area contributed by atoms with Crippen LogP contribution in [0.15, 0.2) is 46.9 Å². The van der Waals surface area contributed by atoms with Crippen LogP contribution in [0.1, 0.15) is 15.9 Å². The lowest BCUT2D eigenvalue weighted by Gasteiger charge is -2.08. The van der Waals surface area contributed by atoms with Gasteiger partial charge in [0.05, 0.1) is 17.7 Å². The summed E-state index contributed by atoms with van der Waals surface area (Å²) in [4.78, 5) is 22.8. The van der Waals surface area contributed by atoms with Gasteiger partial charge in [0, 0.05) is 9.50 Å². The van der Waals surface area contributed by atoms with Crippen molar-refractivity contribution in [2.24, 2.45) is 0 Å². The number of rotatable bonds is 4. The average molecular weight is 369 g/mol. The van der Waals surface area contributed by atoms with Crippen molar-refractivity contribution in [2.75, 3.05) is 5.32 Å². The zero-order valence-electron chi connectivity index (χ0n) is 10.8. The highest BCUT2D eigenvalue weighted by Crippen LogP contribution is 2.24. The first-order chi connectivity index (χ1) is 9.95. The number of nitrogens with one attached hydrogen (secondary N) is 1. The van der Waals surface area contributed by atoms with Gasteiger partial charge < -0.3 is 10.4 Å². The summed E-state index contributed by atoms with van der Waals surface area (Å²) in [5, 5.41) is 12.2. The second-order valence-electron chi connectivity index (χ2n) is 4.35. The van der Waals surface area contributed by atoms with Gasteiger partial charge in [0.1, 0.15) is 0 Å². The van der Waals surface area contributed by atoms with E-state index < -0.39 is 5.97 Å². The van der Waals surface area contributed by atoms with E-state index in [1.165, 1.54) is 12.1 Å². The van der Waals surface area contributed by atoms with Crippen LogP contribution in [-0.4, -0.2) is 17.0 Å². The molecule has 0 saturated heterocycles. The fourth-order valence-electron chi connectivity index (χ4n) is 1.78. The molecule has 2 aromatic carbocycles. The van der Waals surface area contributed by atoms with Gasteiger partial charge in [-0.15, -0.1) is 0 Å². The number of carbonyl (C=O) groups excluding carboxylic acids is 1. The lowest BCUT2D eigenvalue weighted by molar-refractivity contribution is -0.115. The predicted octanol–water partition coefficient (Wildman–Crippen LogP) is 3.98. The third-order valence-corrected chi connectivity index (χ3v) is 3.64. The quantitative estimate of drug-likeness (QED) is 0.858. The number of carboxylic acids is 1.